The molecule has 0 bridgehead atoms. The van der Waals surface area contributed by atoms with Gasteiger partial charge in [-0.3, -0.25) is 9.79 Å². The second-order valence-corrected chi connectivity index (χ2v) is 2.57. The molecule has 0 aliphatic carbocycles. The molecule has 0 fully saturated rings. The van der Waals surface area contributed by atoms with Gasteiger partial charge in [0.25, 0.3) is 0 Å². The van der Waals surface area contributed by atoms with Crippen molar-refractivity contribution in [3.63, 3.8) is 0 Å². The molecule has 0 atom stereocenters. The lowest BCUT2D eigenvalue weighted by Crippen LogP contribution is -1.88. The molecule has 0 saturated heterocycles. The van der Waals surface area contributed by atoms with E-state index in [0.29, 0.717) is 0 Å². The Morgan fingerprint density at radius 1 is 1.38 bits per heavy atom. The number of methoxy groups -OCH3 is 1. The summed E-state index contributed by atoms with van der Waals surface area (Å²) in [5.74, 6) is 0.720. The smallest absolute Gasteiger partial charge is 0.170 e. The van der Waals surface area contributed by atoms with Crippen LogP contribution in [0.4, 0.5) is 5.69 Å². The van der Waals surface area contributed by atoms with Crippen molar-refractivity contribution >= 4 is 17.7 Å². The molecule has 13 heavy (non-hydrogen) atoms. The third-order valence-corrected chi connectivity index (χ3v) is 1.47. The van der Waals surface area contributed by atoms with Crippen LogP contribution >= 0.6 is 0 Å². The predicted octanol–water partition coefficient (Wildman–Crippen LogP) is 1.99. The Morgan fingerprint density at radius 3 is 2.46 bits per heavy atom. The van der Waals surface area contributed by atoms with E-state index in [-0.39, 0.29) is 5.78 Å². The Bertz CT molecular complexity index is 314. The first-order chi connectivity index (χ1) is 6.22. The van der Waals surface area contributed by atoms with E-state index in [4.69, 9.17) is 4.74 Å². The summed E-state index contributed by atoms with van der Waals surface area (Å²) < 4.78 is 4.98. The molecule has 3 heteroatoms. The molecule has 1 rings (SSSR count). The number of ether oxygens (including phenoxy) is 1. The van der Waals surface area contributed by atoms with Gasteiger partial charge < -0.3 is 4.74 Å². The van der Waals surface area contributed by atoms with Crippen LogP contribution in [0.2, 0.25) is 0 Å². The first-order valence-corrected chi connectivity index (χ1v) is 3.91. The van der Waals surface area contributed by atoms with Crippen molar-refractivity contribution in [1.29, 1.82) is 0 Å². The van der Waals surface area contributed by atoms with Crippen LogP contribution in [0.3, 0.4) is 0 Å². The van der Waals surface area contributed by atoms with E-state index in [0.717, 1.165) is 11.4 Å². The van der Waals surface area contributed by atoms with E-state index in [1.54, 1.807) is 31.4 Å². The zero-order chi connectivity index (χ0) is 9.68. The fraction of sp³-hybridized carbons (Fsp3) is 0.200. The minimum absolute atomic E-state index is 0.0594. The van der Waals surface area contributed by atoms with Crippen molar-refractivity contribution in [1.82, 2.24) is 0 Å². The number of Topliss-reactive ketones (excluding diaryl/α,β-unsaturated/α-hetero) is 1. The van der Waals surface area contributed by atoms with Crippen molar-refractivity contribution in [2.24, 2.45) is 4.99 Å². The lowest BCUT2D eigenvalue weighted by Gasteiger charge is -1.97. The zero-order valence-corrected chi connectivity index (χ0v) is 7.65. The van der Waals surface area contributed by atoms with E-state index >= 15 is 0 Å². The normalized spacial score (nSPS) is 10.3. The molecule has 0 saturated carbocycles. The second kappa shape index (κ2) is 4.40. The largest absolute Gasteiger partial charge is 0.497 e. The molecule has 0 spiro atoms. The van der Waals surface area contributed by atoms with Crippen molar-refractivity contribution < 1.29 is 9.53 Å². The van der Waals surface area contributed by atoms with Gasteiger partial charge in [-0.2, -0.15) is 0 Å². The van der Waals surface area contributed by atoms with Gasteiger partial charge in [0.05, 0.1) is 19.0 Å². The first-order valence-electron chi connectivity index (χ1n) is 3.91. The molecular formula is C10H11NO2. The number of aliphatic imine (C=N–C) groups is 1. The molecule has 0 heterocycles. The van der Waals surface area contributed by atoms with E-state index in [1.807, 2.05) is 0 Å². The Hall–Kier alpha value is -1.64. The summed E-state index contributed by atoms with van der Waals surface area (Å²) in [5.41, 5.74) is 0.746. The highest BCUT2D eigenvalue weighted by Gasteiger charge is 1.91. The Balaban J connectivity index is 2.75. The monoisotopic (exact) mass is 177 g/mol. The van der Waals surface area contributed by atoms with Crippen LogP contribution in [0.15, 0.2) is 29.3 Å². The first kappa shape index (κ1) is 9.45. The van der Waals surface area contributed by atoms with Crippen LogP contribution in [0.1, 0.15) is 6.92 Å². The molecule has 0 aliphatic heterocycles. The molecule has 0 aliphatic rings. The van der Waals surface area contributed by atoms with Crippen LogP contribution in [0, 0.1) is 0 Å². The lowest BCUT2D eigenvalue weighted by molar-refractivity contribution is -0.110. The highest BCUT2D eigenvalue weighted by molar-refractivity contribution is 6.26. The SMILES string of the molecule is COc1ccc(/N=C/C(C)=O)cc1. The minimum Gasteiger partial charge on any atom is -0.497 e. The van der Waals surface area contributed by atoms with Crippen LogP contribution < -0.4 is 4.74 Å². The topological polar surface area (TPSA) is 38.7 Å². The maximum absolute atomic E-state index is 10.6. The van der Waals surface area contributed by atoms with Crippen molar-refractivity contribution in [3.05, 3.63) is 24.3 Å². The molecule has 0 aromatic heterocycles. The predicted molar refractivity (Wildman–Crippen MR) is 51.8 cm³/mol. The molecule has 1 aromatic carbocycles. The summed E-state index contributed by atoms with van der Waals surface area (Å²) >= 11 is 0. The molecule has 0 amide bonds. The van der Waals surface area contributed by atoms with Crippen LogP contribution in [0.25, 0.3) is 0 Å². The number of hydrogen-bond donors (Lipinski definition) is 0. The van der Waals surface area contributed by atoms with Crippen molar-refractivity contribution in [3.8, 4) is 5.75 Å². The maximum Gasteiger partial charge on any atom is 0.170 e. The van der Waals surface area contributed by atoms with E-state index < -0.39 is 0 Å². The quantitative estimate of drug-likeness (QED) is 0.662. The van der Waals surface area contributed by atoms with E-state index in [1.165, 1.54) is 13.1 Å². The Kier molecular flexibility index (Phi) is 3.20. The van der Waals surface area contributed by atoms with Gasteiger partial charge in [-0.05, 0) is 24.3 Å². The molecule has 3 nitrogen and oxygen atoms in total. The Labute approximate surface area is 77.1 Å². The third-order valence-electron chi connectivity index (χ3n) is 1.47. The number of benzene rings is 1. The van der Waals surface area contributed by atoms with Crippen LogP contribution in [-0.2, 0) is 4.79 Å². The summed E-state index contributed by atoms with van der Waals surface area (Å²) in [7, 11) is 1.61. The number of hydrogen-bond acceptors (Lipinski definition) is 3. The third kappa shape index (κ3) is 3.07. The number of carbonyl (C=O) groups is 1. The lowest BCUT2D eigenvalue weighted by atomic mass is 10.3. The number of carbonyl (C=O) groups excluding carboxylic acids is 1. The summed E-state index contributed by atoms with van der Waals surface area (Å²) in [6, 6.07) is 7.18. The Morgan fingerprint density at radius 2 is 2.00 bits per heavy atom. The molecule has 68 valence electrons. The number of ketones is 1. The average molecular weight is 177 g/mol. The van der Waals surface area contributed by atoms with Crippen molar-refractivity contribution in [2.75, 3.05) is 7.11 Å². The molecule has 0 unspecified atom stereocenters. The standard InChI is InChI=1S/C10H11NO2/c1-8(12)7-11-9-3-5-10(13-2)6-4-9/h3-7H,1-2H3/b11-7+. The maximum atomic E-state index is 10.6. The minimum atomic E-state index is -0.0594. The number of rotatable bonds is 3. The molecule has 1 aromatic rings. The van der Waals surface area contributed by atoms with Crippen LogP contribution in [0.5, 0.6) is 5.75 Å². The van der Waals surface area contributed by atoms with Gasteiger partial charge in [0.2, 0.25) is 0 Å². The van der Waals surface area contributed by atoms with Crippen molar-refractivity contribution in [2.45, 2.75) is 6.92 Å². The van der Waals surface area contributed by atoms with Gasteiger partial charge in [-0.25, -0.2) is 0 Å². The van der Waals surface area contributed by atoms with Gasteiger partial charge in [-0.1, -0.05) is 0 Å². The van der Waals surface area contributed by atoms with E-state index in [2.05, 4.69) is 4.99 Å². The highest BCUT2D eigenvalue weighted by Crippen LogP contribution is 2.16. The number of nitrogens with zero attached hydrogens (tertiary/aromatic N) is 1. The average Bonchev–Trinajstić information content (AvgIpc) is 2.15. The molecule has 0 N–H and O–H groups in total. The van der Waals surface area contributed by atoms with E-state index in [9.17, 15) is 4.79 Å². The fourth-order valence-corrected chi connectivity index (χ4v) is 0.834. The molecular weight excluding hydrogens is 166 g/mol. The van der Waals surface area contributed by atoms with Gasteiger partial charge in [-0.15, -0.1) is 0 Å². The van der Waals surface area contributed by atoms with Crippen LogP contribution in [-0.4, -0.2) is 19.1 Å². The summed E-state index contributed by atoms with van der Waals surface area (Å²) in [6.07, 6.45) is 1.29. The zero-order valence-electron chi connectivity index (χ0n) is 7.65. The highest BCUT2D eigenvalue weighted by atomic mass is 16.5. The van der Waals surface area contributed by atoms with Gasteiger partial charge in [0, 0.05) is 6.92 Å². The summed E-state index contributed by atoms with van der Waals surface area (Å²) in [4.78, 5) is 14.5. The van der Waals surface area contributed by atoms with Gasteiger partial charge in [0.1, 0.15) is 5.75 Å². The fourth-order valence-electron chi connectivity index (χ4n) is 0.834. The van der Waals surface area contributed by atoms with Gasteiger partial charge >= 0.3 is 0 Å². The van der Waals surface area contributed by atoms with Gasteiger partial charge in [0.15, 0.2) is 5.78 Å². The summed E-state index contributed by atoms with van der Waals surface area (Å²) in [5, 5.41) is 0. The summed E-state index contributed by atoms with van der Waals surface area (Å²) in [6.45, 7) is 1.47. The second-order valence-electron chi connectivity index (χ2n) is 2.57. The molecule has 0 radical (unpaired) electrons.